The van der Waals surface area contributed by atoms with Gasteiger partial charge in [0, 0.05) is 5.56 Å². The van der Waals surface area contributed by atoms with Crippen molar-refractivity contribution < 1.29 is 28.1 Å². The second-order valence-electron chi connectivity index (χ2n) is 3.03. The molecule has 90 valence electrons. The molecule has 0 unspecified atom stereocenters. The van der Waals surface area contributed by atoms with Crippen molar-refractivity contribution in [1.29, 1.82) is 0 Å². The van der Waals surface area contributed by atoms with Gasteiger partial charge in [-0.25, -0.2) is 0 Å². The zero-order valence-corrected chi connectivity index (χ0v) is 8.03. The minimum absolute atomic E-state index is 0.00995. The number of hydrogen-bond donors (Lipinski definition) is 3. The average Bonchev–Trinajstić information content (AvgIpc) is 2.18. The van der Waals surface area contributed by atoms with E-state index in [2.05, 4.69) is 4.74 Å². The van der Waals surface area contributed by atoms with Crippen molar-refractivity contribution in [2.45, 2.75) is 12.4 Å². The second-order valence-corrected chi connectivity index (χ2v) is 3.03. The number of phenolic OH excluding ortho intramolecular Hbond substituents is 1. The molecular weight excluding hydrogens is 227 g/mol. The van der Waals surface area contributed by atoms with Gasteiger partial charge in [0.25, 0.3) is 0 Å². The fourth-order valence-electron chi connectivity index (χ4n) is 1.14. The number of phenols is 1. The number of rotatable bonds is 3. The first-order valence-corrected chi connectivity index (χ1v) is 4.29. The lowest BCUT2D eigenvalue weighted by Crippen LogP contribution is -2.19. The summed E-state index contributed by atoms with van der Waals surface area (Å²) in [5.74, 6) is -1.46. The van der Waals surface area contributed by atoms with Crippen LogP contribution in [0.4, 0.5) is 13.2 Å². The van der Waals surface area contributed by atoms with Crippen LogP contribution < -0.4 is 10.5 Å². The van der Waals surface area contributed by atoms with Crippen molar-refractivity contribution in [3.63, 3.8) is 0 Å². The molecule has 0 saturated heterocycles. The Morgan fingerprint density at radius 2 is 2.00 bits per heavy atom. The molecule has 0 radical (unpaired) electrons. The topological polar surface area (TPSA) is 75.7 Å². The molecule has 0 amide bonds. The second kappa shape index (κ2) is 4.58. The lowest BCUT2D eigenvalue weighted by molar-refractivity contribution is -0.275. The smallest absolute Gasteiger partial charge is 0.504 e. The van der Waals surface area contributed by atoms with E-state index in [4.69, 9.17) is 10.8 Å². The summed E-state index contributed by atoms with van der Waals surface area (Å²) in [5, 5.41) is 18.2. The molecule has 1 aromatic carbocycles. The fraction of sp³-hybridized carbons (Fsp3) is 0.333. The number of aliphatic hydroxyl groups excluding tert-OH is 1. The first-order chi connectivity index (χ1) is 7.35. The van der Waals surface area contributed by atoms with E-state index >= 15 is 0 Å². The predicted molar refractivity (Wildman–Crippen MR) is 48.8 cm³/mol. The number of aromatic hydroxyl groups is 1. The van der Waals surface area contributed by atoms with Crippen LogP contribution in [0.25, 0.3) is 0 Å². The Bertz CT molecular complexity index is 368. The third-order valence-corrected chi connectivity index (χ3v) is 1.85. The van der Waals surface area contributed by atoms with Gasteiger partial charge in [-0.2, -0.15) is 0 Å². The highest BCUT2D eigenvalue weighted by atomic mass is 19.4. The van der Waals surface area contributed by atoms with E-state index < -0.39 is 30.5 Å². The Balaban J connectivity index is 3.04. The van der Waals surface area contributed by atoms with Crippen LogP contribution in [0.5, 0.6) is 11.5 Å². The summed E-state index contributed by atoms with van der Waals surface area (Å²) >= 11 is 0. The maximum absolute atomic E-state index is 11.9. The van der Waals surface area contributed by atoms with Crippen molar-refractivity contribution in [3.05, 3.63) is 23.8 Å². The van der Waals surface area contributed by atoms with E-state index in [0.717, 1.165) is 6.07 Å². The summed E-state index contributed by atoms with van der Waals surface area (Å²) < 4.78 is 39.3. The average molecular weight is 237 g/mol. The van der Waals surface area contributed by atoms with Crippen molar-refractivity contribution in [2.24, 2.45) is 5.73 Å². The highest BCUT2D eigenvalue weighted by Gasteiger charge is 2.32. The molecule has 0 spiro atoms. The van der Waals surface area contributed by atoms with Gasteiger partial charge in [-0.15, -0.1) is 13.2 Å². The number of aliphatic hydroxyl groups is 1. The van der Waals surface area contributed by atoms with E-state index in [1.54, 1.807) is 0 Å². The molecule has 1 aromatic rings. The van der Waals surface area contributed by atoms with Gasteiger partial charge in [0.15, 0.2) is 11.5 Å². The maximum atomic E-state index is 11.9. The number of halogens is 3. The molecule has 0 aromatic heterocycles. The maximum Gasteiger partial charge on any atom is 0.573 e. The van der Waals surface area contributed by atoms with Crippen LogP contribution in [-0.4, -0.2) is 23.2 Å². The van der Waals surface area contributed by atoms with Crippen LogP contribution in [0, 0.1) is 0 Å². The van der Waals surface area contributed by atoms with E-state index in [0.29, 0.717) is 0 Å². The SMILES string of the molecule is N[C@@H](CO)c1cccc(OC(F)(F)F)c1O. The number of ether oxygens (including phenoxy) is 1. The Morgan fingerprint density at radius 1 is 1.38 bits per heavy atom. The number of benzene rings is 1. The molecule has 0 heterocycles. The zero-order valence-electron chi connectivity index (χ0n) is 8.03. The highest BCUT2D eigenvalue weighted by molar-refractivity contribution is 5.46. The van der Waals surface area contributed by atoms with Gasteiger partial charge < -0.3 is 20.7 Å². The molecule has 4 nitrogen and oxygen atoms in total. The standard InChI is InChI=1S/C9H10F3NO3/c10-9(11,12)16-7-3-1-2-5(8(7)15)6(13)4-14/h1-3,6,14-15H,4,13H2/t6-/m0/s1. The molecule has 0 aliphatic heterocycles. The zero-order chi connectivity index (χ0) is 12.3. The van der Waals surface area contributed by atoms with Crippen molar-refractivity contribution in [3.8, 4) is 11.5 Å². The first-order valence-electron chi connectivity index (χ1n) is 4.29. The van der Waals surface area contributed by atoms with Gasteiger partial charge in [0.05, 0.1) is 12.6 Å². The van der Waals surface area contributed by atoms with Crippen LogP contribution >= 0.6 is 0 Å². The van der Waals surface area contributed by atoms with Crippen molar-refractivity contribution in [2.75, 3.05) is 6.61 Å². The number of hydrogen-bond acceptors (Lipinski definition) is 4. The molecule has 1 rings (SSSR count). The Kier molecular flexibility index (Phi) is 3.61. The molecular formula is C9H10F3NO3. The van der Waals surface area contributed by atoms with Crippen LogP contribution in [0.3, 0.4) is 0 Å². The molecule has 0 aliphatic carbocycles. The summed E-state index contributed by atoms with van der Waals surface area (Å²) in [6.07, 6.45) is -4.89. The summed E-state index contributed by atoms with van der Waals surface area (Å²) in [6, 6.07) is 2.54. The minimum Gasteiger partial charge on any atom is -0.504 e. The molecule has 0 aliphatic rings. The summed E-state index contributed by atoms with van der Waals surface area (Å²) in [7, 11) is 0. The fourth-order valence-corrected chi connectivity index (χ4v) is 1.14. The number of para-hydroxylation sites is 1. The largest absolute Gasteiger partial charge is 0.573 e. The van der Waals surface area contributed by atoms with Gasteiger partial charge in [0.1, 0.15) is 0 Å². The Labute approximate surface area is 89.1 Å². The minimum atomic E-state index is -4.89. The van der Waals surface area contributed by atoms with E-state index in [9.17, 15) is 18.3 Å². The van der Waals surface area contributed by atoms with Gasteiger partial charge in [-0.05, 0) is 6.07 Å². The van der Waals surface area contributed by atoms with Crippen LogP contribution in [0.1, 0.15) is 11.6 Å². The van der Waals surface area contributed by atoms with Crippen molar-refractivity contribution >= 4 is 0 Å². The van der Waals surface area contributed by atoms with Gasteiger partial charge in [-0.3, -0.25) is 0 Å². The number of nitrogens with two attached hydrogens (primary N) is 1. The third-order valence-electron chi connectivity index (χ3n) is 1.85. The Morgan fingerprint density at radius 3 is 2.50 bits per heavy atom. The van der Waals surface area contributed by atoms with Gasteiger partial charge in [0.2, 0.25) is 0 Å². The monoisotopic (exact) mass is 237 g/mol. The third kappa shape index (κ3) is 3.01. The summed E-state index contributed by atoms with van der Waals surface area (Å²) in [6.45, 7) is -0.497. The highest BCUT2D eigenvalue weighted by Crippen LogP contribution is 2.35. The molecule has 7 heteroatoms. The molecule has 0 bridgehead atoms. The van der Waals surface area contributed by atoms with Crippen molar-refractivity contribution in [1.82, 2.24) is 0 Å². The Hall–Kier alpha value is -1.47. The van der Waals surface area contributed by atoms with Crippen LogP contribution in [0.2, 0.25) is 0 Å². The van der Waals surface area contributed by atoms with Gasteiger partial charge in [-0.1, -0.05) is 12.1 Å². The van der Waals surface area contributed by atoms with E-state index in [1.807, 2.05) is 0 Å². The molecule has 0 saturated carbocycles. The van der Waals surface area contributed by atoms with Crippen LogP contribution in [0.15, 0.2) is 18.2 Å². The quantitative estimate of drug-likeness (QED) is 0.740. The molecule has 0 fully saturated rings. The normalized spacial score (nSPS) is 13.6. The van der Waals surface area contributed by atoms with Gasteiger partial charge >= 0.3 is 6.36 Å². The predicted octanol–water partition coefficient (Wildman–Crippen LogP) is 1.28. The summed E-state index contributed by atoms with van der Waals surface area (Å²) in [4.78, 5) is 0. The summed E-state index contributed by atoms with van der Waals surface area (Å²) in [5.41, 5.74) is 5.37. The lowest BCUT2D eigenvalue weighted by atomic mass is 10.1. The lowest BCUT2D eigenvalue weighted by Gasteiger charge is -2.15. The molecule has 1 atom stereocenters. The van der Waals surface area contributed by atoms with Crippen LogP contribution in [-0.2, 0) is 0 Å². The first kappa shape index (κ1) is 12.6. The molecule has 16 heavy (non-hydrogen) atoms. The van der Waals surface area contributed by atoms with E-state index in [1.165, 1.54) is 12.1 Å². The van der Waals surface area contributed by atoms with E-state index in [-0.39, 0.29) is 5.56 Å². The number of alkyl halides is 3. The molecule has 4 N–H and O–H groups in total.